The van der Waals surface area contributed by atoms with Gasteiger partial charge in [-0.15, -0.1) is 0 Å². The molecule has 0 aliphatic rings. The van der Waals surface area contributed by atoms with E-state index in [9.17, 15) is 0 Å². The van der Waals surface area contributed by atoms with Gasteiger partial charge in [0.15, 0.2) is 0 Å². The van der Waals surface area contributed by atoms with E-state index in [1.807, 2.05) is 24.3 Å². The van der Waals surface area contributed by atoms with Gasteiger partial charge in [0.2, 0.25) is 0 Å². The molecule has 62 valence electrons. The SMILES string of the molecule is Cc1cc[c-]cc1.[K+].c1cn[nH]n1. The number of aromatic amines is 1. The molecule has 1 heterocycles. The molecular weight excluding hydrogens is 189 g/mol. The Balaban J connectivity index is 0.000000215. The van der Waals surface area contributed by atoms with E-state index >= 15 is 0 Å². The number of aryl methyl sites for hydroxylation is 1. The molecule has 3 nitrogen and oxygen atoms in total. The fourth-order valence-corrected chi connectivity index (χ4v) is 0.637. The van der Waals surface area contributed by atoms with Gasteiger partial charge in [0.25, 0.3) is 0 Å². The molecule has 0 unspecified atom stereocenters. The minimum atomic E-state index is 0. The van der Waals surface area contributed by atoms with E-state index in [-0.39, 0.29) is 51.4 Å². The molecule has 0 aliphatic heterocycles. The van der Waals surface area contributed by atoms with Crippen molar-refractivity contribution in [1.82, 2.24) is 15.4 Å². The first kappa shape index (κ1) is 13.0. The molecule has 0 saturated carbocycles. The summed E-state index contributed by atoms with van der Waals surface area (Å²) >= 11 is 0. The van der Waals surface area contributed by atoms with Crippen molar-refractivity contribution in [2.75, 3.05) is 0 Å². The summed E-state index contributed by atoms with van der Waals surface area (Å²) in [5.41, 5.74) is 1.29. The smallest absolute Gasteiger partial charge is 0.198 e. The largest absolute Gasteiger partial charge is 1.00 e. The topological polar surface area (TPSA) is 41.6 Å². The summed E-state index contributed by atoms with van der Waals surface area (Å²) < 4.78 is 0. The summed E-state index contributed by atoms with van der Waals surface area (Å²) in [5.74, 6) is 0. The maximum Gasteiger partial charge on any atom is 1.00 e. The average Bonchev–Trinajstić information content (AvgIpc) is 2.62. The van der Waals surface area contributed by atoms with Crippen molar-refractivity contribution < 1.29 is 51.4 Å². The predicted octanol–water partition coefficient (Wildman–Crippen LogP) is -1.40. The van der Waals surface area contributed by atoms with Gasteiger partial charge in [-0.05, 0) is 0 Å². The fourth-order valence-electron chi connectivity index (χ4n) is 0.637. The summed E-state index contributed by atoms with van der Waals surface area (Å²) in [5, 5.41) is 9.33. The summed E-state index contributed by atoms with van der Waals surface area (Å²) in [6.45, 7) is 2.06. The van der Waals surface area contributed by atoms with Crippen LogP contribution in [0.25, 0.3) is 0 Å². The third kappa shape index (κ3) is 7.10. The average molecular weight is 199 g/mol. The Morgan fingerprint density at radius 2 is 1.69 bits per heavy atom. The first-order chi connectivity index (χ1) is 5.89. The van der Waals surface area contributed by atoms with Crippen LogP contribution in [0.15, 0.2) is 36.7 Å². The standard InChI is InChI=1S/C7H7.C2H3N3.K/c1-7-5-3-2-4-6-7;1-2-4-5-3-1;/h3-6H,1H3;1-2H,(H,3,4,5);/q-1;;+1. The van der Waals surface area contributed by atoms with Gasteiger partial charge < -0.3 is 0 Å². The van der Waals surface area contributed by atoms with Crippen LogP contribution in [-0.4, -0.2) is 15.4 Å². The van der Waals surface area contributed by atoms with Crippen molar-refractivity contribution in [3.8, 4) is 0 Å². The summed E-state index contributed by atoms with van der Waals surface area (Å²) in [4.78, 5) is 0. The normalized spacial score (nSPS) is 7.77. The third-order valence-electron chi connectivity index (χ3n) is 1.22. The molecule has 0 saturated heterocycles. The van der Waals surface area contributed by atoms with E-state index in [2.05, 4.69) is 28.4 Å². The first-order valence-corrected chi connectivity index (χ1v) is 3.62. The van der Waals surface area contributed by atoms with Gasteiger partial charge in [-0.25, -0.2) is 0 Å². The maximum atomic E-state index is 3.49. The zero-order valence-corrected chi connectivity index (χ0v) is 11.0. The minimum Gasteiger partial charge on any atom is -0.198 e. The summed E-state index contributed by atoms with van der Waals surface area (Å²) in [6, 6.07) is 10.8. The van der Waals surface area contributed by atoms with Crippen LogP contribution in [0.3, 0.4) is 0 Å². The molecule has 2 aromatic rings. The summed E-state index contributed by atoms with van der Waals surface area (Å²) in [6.07, 6.45) is 3.17. The molecule has 1 aromatic heterocycles. The van der Waals surface area contributed by atoms with Gasteiger partial charge in [-0.2, -0.15) is 51.3 Å². The number of hydrogen-bond acceptors (Lipinski definition) is 2. The third-order valence-corrected chi connectivity index (χ3v) is 1.22. The second kappa shape index (κ2) is 8.59. The van der Waals surface area contributed by atoms with Crippen molar-refractivity contribution in [2.45, 2.75) is 6.92 Å². The zero-order valence-electron chi connectivity index (χ0n) is 7.86. The van der Waals surface area contributed by atoms with Crippen molar-refractivity contribution in [2.24, 2.45) is 0 Å². The van der Waals surface area contributed by atoms with Crippen molar-refractivity contribution in [3.05, 3.63) is 48.3 Å². The van der Waals surface area contributed by atoms with Crippen molar-refractivity contribution in [3.63, 3.8) is 0 Å². The van der Waals surface area contributed by atoms with Crippen LogP contribution < -0.4 is 51.4 Å². The molecule has 1 aromatic carbocycles. The van der Waals surface area contributed by atoms with E-state index in [1.54, 1.807) is 12.4 Å². The molecule has 0 aliphatic carbocycles. The Bertz CT molecular complexity index is 264. The number of nitrogens with zero attached hydrogens (tertiary/aromatic N) is 2. The number of nitrogens with one attached hydrogen (secondary N) is 1. The van der Waals surface area contributed by atoms with E-state index in [0.717, 1.165) is 0 Å². The Kier molecular flexibility index (Phi) is 8.59. The van der Waals surface area contributed by atoms with Crippen LogP contribution >= 0.6 is 0 Å². The molecule has 0 radical (unpaired) electrons. The molecule has 0 amide bonds. The molecule has 0 spiro atoms. The van der Waals surface area contributed by atoms with Gasteiger partial charge in [0, 0.05) is 0 Å². The number of H-pyrrole nitrogens is 1. The fraction of sp³-hybridized carbons (Fsp3) is 0.111. The van der Waals surface area contributed by atoms with Gasteiger partial charge in [-0.3, -0.25) is 0 Å². The molecule has 2 rings (SSSR count). The summed E-state index contributed by atoms with van der Waals surface area (Å²) in [7, 11) is 0. The van der Waals surface area contributed by atoms with E-state index in [4.69, 9.17) is 0 Å². The molecule has 1 N–H and O–H groups in total. The van der Waals surface area contributed by atoms with Crippen LogP contribution in [0, 0.1) is 13.0 Å². The Morgan fingerprint density at radius 3 is 1.92 bits per heavy atom. The van der Waals surface area contributed by atoms with Crippen LogP contribution in [0.2, 0.25) is 0 Å². The molecule has 0 atom stereocenters. The van der Waals surface area contributed by atoms with Crippen LogP contribution in [0.4, 0.5) is 0 Å². The Morgan fingerprint density at radius 1 is 1.15 bits per heavy atom. The molecule has 0 bridgehead atoms. The second-order valence-electron chi connectivity index (χ2n) is 2.23. The van der Waals surface area contributed by atoms with Gasteiger partial charge in [-0.1, -0.05) is 6.92 Å². The van der Waals surface area contributed by atoms with Crippen molar-refractivity contribution in [1.29, 1.82) is 0 Å². The van der Waals surface area contributed by atoms with Crippen LogP contribution in [0.1, 0.15) is 5.56 Å². The number of benzene rings is 1. The predicted molar refractivity (Wildman–Crippen MR) is 46.4 cm³/mol. The van der Waals surface area contributed by atoms with Gasteiger partial charge >= 0.3 is 51.4 Å². The molecular formula is C9H10KN3. The van der Waals surface area contributed by atoms with Gasteiger partial charge in [0.05, 0.1) is 12.4 Å². The van der Waals surface area contributed by atoms with Crippen LogP contribution in [-0.2, 0) is 0 Å². The van der Waals surface area contributed by atoms with E-state index in [0.29, 0.717) is 0 Å². The van der Waals surface area contributed by atoms with Gasteiger partial charge in [0.1, 0.15) is 0 Å². The minimum absolute atomic E-state index is 0. The second-order valence-corrected chi connectivity index (χ2v) is 2.23. The maximum absolute atomic E-state index is 3.49. The van der Waals surface area contributed by atoms with E-state index in [1.165, 1.54) is 5.56 Å². The Labute approximate surface area is 120 Å². The molecule has 13 heavy (non-hydrogen) atoms. The first-order valence-electron chi connectivity index (χ1n) is 3.62. The zero-order chi connectivity index (χ0) is 8.65. The number of hydrogen-bond donors (Lipinski definition) is 1. The van der Waals surface area contributed by atoms with Crippen molar-refractivity contribution >= 4 is 0 Å². The molecule has 4 heteroatoms. The van der Waals surface area contributed by atoms with Crippen LogP contribution in [0.5, 0.6) is 0 Å². The quantitative estimate of drug-likeness (QED) is 0.419. The number of rotatable bonds is 0. The Hall–Kier alpha value is -0.00364. The van der Waals surface area contributed by atoms with E-state index < -0.39 is 0 Å². The number of aromatic nitrogens is 3. The monoisotopic (exact) mass is 199 g/mol. The molecule has 0 fully saturated rings.